The van der Waals surface area contributed by atoms with Crippen LogP contribution in [0.4, 0.5) is 15.8 Å². The summed E-state index contributed by atoms with van der Waals surface area (Å²) in [5, 5.41) is 15.7. The number of nitro groups is 1. The molecule has 2 aromatic carbocycles. The van der Waals surface area contributed by atoms with Gasteiger partial charge in [-0.05, 0) is 42.7 Å². The quantitative estimate of drug-likeness (QED) is 0.220. The van der Waals surface area contributed by atoms with Crippen LogP contribution in [0.25, 0.3) is 0 Å². The van der Waals surface area contributed by atoms with Crippen molar-refractivity contribution >= 4 is 40.9 Å². The molecule has 2 amide bonds. The van der Waals surface area contributed by atoms with Crippen LogP contribution >= 0.6 is 11.8 Å². The van der Waals surface area contributed by atoms with Crippen LogP contribution in [0.1, 0.15) is 16.8 Å². The summed E-state index contributed by atoms with van der Waals surface area (Å²) in [6.45, 7) is -0.736. The highest BCUT2D eigenvalue weighted by Crippen LogP contribution is 2.38. The number of nitro benzene ring substituents is 1. The molecule has 37 heavy (non-hydrogen) atoms. The highest BCUT2D eigenvalue weighted by atomic mass is 32.2. The molecule has 0 spiro atoms. The van der Waals surface area contributed by atoms with E-state index in [1.807, 2.05) is 6.26 Å². The number of methoxy groups -OCH3 is 3. The molecule has 0 heterocycles. The van der Waals surface area contributed by atoms with Crippen LogP contribution in [0.2, 0.25) is 0 Å². The fraction of sp³-hybridized carbons (Fsp3) is 0.348. The molecule has 0 aliphatic carbocycles. The lowest BCUT2D eigenvalue weighted by atomic mass is 10.1. The number of halogens is 1. The molecule has 2 rings (SSSR count). The van der Waals surface area contributed by atoms with Crippen LogP contribution in [0, 0.1) is 15.9 Å². The molecular formula is C23H26FN3O9S. The predicted molar refractivity (Wildman–Crippen MR) is 133 cm³/mol. The molecule has 2 aromatic rings. The number of ether oxygens (including phenoxy) is 4. The van der Waals surface area contributed by atoms with Gasteiger partial charge in [0.2, 0.25) is 11.6 Å². The van der Waals surface area contributed by atoms with E-state index in [4.69, 9.17) is 18.9 Å². The number of hydrogen-bond donors (Lipinski definition) is 2. The van der Waals surface area contributed by atoms with Crippen LogP contribution in [0.15, 0.2) is 30.3 Å². The van der Waals surface area contributed by atoms with Gasteiger partial charge in [-0.1, -0.05) is 0 Å². The lowest BCUT2D eigenvalue weighted by molar-refractivity contribution is -0.387. The molecule has 0 saturated heterocycles. The summed E-state index contributed by atoms with van der Waals surface area (Å²) >= 11 is 1.44. The molecule has 200 valence electrons. The first kappa shape index (κ1) is 29.2. The second-order valence-corrected chi connectivity index (χ2v) is 8.29. The summed E-state index contributed by atoms with van der Waals surface area (Å²) < 4.78 is 34.2. The maximum Gasteiger partial charge on any atom is 0.329 e. The Hall–Kier alpha value is -4.07. The number of esters is 1. The first-order valence-corrected chi connectivity index (χ1v) is 12.0. The molecule has 0 aliphatic rings. The summed E-state index contributed by atoms with van der Waals surface area (Å²) in [5.41, 5.74) is -0.739. The van der Waals surface area contributed by atoms with Crippen molar-refractivity contribution in [1.82, 2.24) is 5.32 Å². The standard InChI is InChI=1S/C23H26FN3O9S/c1-33-18-9-13(10-19(34-2)21(18)35-3)22(29)26-16(7-8-37-4)23(30)36-12-20(28)25-14-5-6-15(24)17(11-14)27(31)32/h5-6,9-11,16H,7-8,12H2,1-4H3,(H,25,28)(H,26,29). The van der Waals surface area contributed by atoms with Crippen molar-refractivity contribution in [3.63, 3.8) is 0 Å². The van der Waals surface area contributed by atoms with E-state index in [2.05, 4.69) is 10.6 Å². The number of carbonyl (C=O) groups is 3. The molecule has 14 heteroatoms. The molecule has 1 unspecified atom stereocenters. The third-order valence-corrected chi connectivity index (χ3v) is 5.54. The Morgan fingerprint density at radius 2 is 1.73 bits per heavy atom. The Morgan fingerprint density at radius 1 is 1.08 bits per heavy atom. The van der Waals surface area contributed by atoms with E-state index in [1.54, 1.807) is 0 Å². The minimum Gasteiger partial charge on any atom is -0.493 e. The maximum atomic E-state index is 13.5. The third kappa shape index (κ3) is 7.96. The van der Waals surface area contributed by atoms with Gasteiger partial charge in [-0.15, -0.1) is 0 Å². The zero-order valence-corrected chi connectivity index (χ0v) is 21.3. The van der Waals surface area contributed by atoms with E-state index in [-0.39, 0.29) is 34.9 Å². The molecule has 0 aromatic heterocycles. The number of nitrogens with one attached hydrogen (secondary N) is 2. The van der Waals surface area contributed by atoms with Gasteiger partial charge in [-0.2, -0.15) is 16.2 Å². The SMILES string of the molecule is COc1cc(C(=O)NC(CCSC)C(=O)OCC(=O)Nc2ccc(F)c([N+](=O)[O-])c2)cc(OC)c1OC. The van der Waals surface area contributed by atoms with Crippen molar-refractivity contribution in [2.45, 2.75) is 12.5 Å². The number of rotatable bonds is 13. The van der Waals surface area contributed by atoms with Crippen molar-refractivity contribution in [2.24, 2.45) is 0 Å². The van der Waals surface area contributed by atoms with Gasteiger partial charge < -0.3 is 29.6 Å². The highest BCUT2D eigenvalue weighted by molar-refractivity contribution is 7.98. The maximum absolute atomic E-state index is 13.5. The molecule has 2 N–H and O–H groups in total. The van der Waals surface area contributed by atoms with Crippen LogP contribution < -0.4 is 24.8 Å². The van der Waals surface area contributed by atoms with Crippen molar-refractivity contribution in [3.8, 4) is 17.2 Å². The minimum absolute atomic E-state index is 0.0521. The first-order chi connectivity index (χ1) is 17.6. The smallest absolute Gasteiger partial charge is 0.329 e. The average molecular weight is 540 g/mol. The zero-order chi connectivity index (χ0) is 27.5. The van der Waals surface area contributed by atoms with Gasteiger partial charge in [0.1, 0.15) is 6.04 Å². The van der Waals surface area contributed by atoms with Gasteiger partial charge in [0, 0.05) is 17.3 Å². The summed E-state index contributed by atoms with van der Waals surface area (Å²) in [4.78, 5) is 47.7. The molecule has 0 aliphatic heterocycles. The van der Waals surface area contributed by atoms with Crippen LogP contribution in [0.5, 0.6) is 17.2 Å². The minimum atomic E-state index is -1.08. The lowest BCUT2D eigenvalue weighted by Crippen LogP contribution is -2.43. The monoisotopic (exact) mass is 539 g/mol. The third-order valence-electron chi connectivity index (χ3n) is 4.90. The Bertz CT molecular complexity index is 1140. The number of thioether (sulfide) groups is 1. The average Bonchev–Trinajstić information content (AvgIpc) is 2.89. The fourth-order valence-corrected chi connectivity index (χ4v) is 3.57. The van der Waals surface area contributed by atoms with E-state index in [1.165, 1.54) is 45.2 Å². The number of amides is 2. The van der Waals surface area contributed by atoms with Gasteiger partial charge in [0.25, 0.3) is 11.8 Å². The molecule has 1 atom stereocenters. The van der Waals surface area contributed by atoms with Crippen molar-refractivity contribution in [1.29, 1.82) is 0 Å². The molecule has 0 saturated carbocycles. The molecular weight excluding hydrogens is 513 g/mol. The predicted octanol–water partition coefficient (Wildman–Crippen LogP) is 2.79. The van der Waals surface area contributed by atoms with Gasteiger partial charge in [-0.25, -0.2) is 4.79 Å². The van der Waals surface area contributed by atoms with E-state index in [0.29, 0.717) is 5.75 Å². The normalized spacial score (nSPS) is 11.2. The van der Waals surface area contributed by atoms with E-state index in [9.17, 15) is 28.9 Å². The van der Waals surface area contributed by atoms with E-state index in [0.717, 1.165) is 18.2 Å². The van der Waals surface area contributed by atoms with Gasteiger partial charge in [0.05, 0.1) is 26.3 Å². The number of carbonyl (C=O) groups excluding carboxylic acids is 3. The van der Waals surface area contributed by atoms with Crippen molar-refractivity contribution < 1.29 is 42.6 Å². The lowest BCUT2D eigenvalue weighted by Gasteiger charge is -2.18. The Balaban J connectivity index is 2.09. The summed E-state index contributed by atoms with van der Waals surface area (Å²) in [5.74, 6) is -2.08. The number of hydrogen-bond acceptors (Lipinski definition) is 10. The molecule has 0 fully saturated rings. The van der Waals surface area contributed by atoms with E-state index < -0.39 is 46.9 Å². The van der Waals surface area contributed by atoms with Crippen molar-refractivity contribution in [3.05, 3.63) is 51.8 Å². The number of benzene rings is 2. The van der Waals surface area contributed by atoms with Crippen LogP contribution in [0.3, 0.4) is 0 Å². The summed E-state index contributed by atoms with van der Waals surface area (Å²) in [6.07, 6.45) is 2.03. The Kier molecular flexibility index (Phi) is 10.9. The highest BCUT2D eigenvalue weighted by Gasteiger charge is 2.25. The topological polar surface area (TPSA) is 155 Å². The van der Waals surface area contributed by atoms with Gasteiger partial charge in [0.15, 0.2) is 18.1 Å². The number of anilines is 1. The Labute approximate surface area is 215 Å². The van der Waals surface area contributed by atoms with Gasteiger partial charge in [-0.3, -0.25) is 19.7 Å². The van der Waals surface area contributed by atoms with Crippen LogP contribution in [-0.4, -0.2) is 68.7 Å². The first-order valence-electron chi connectivity index (χ1n) is 10.6. The zero-order valence-electron chi connectivity index (χ0n) is 20.5. The number of nitrogens with zero attached hydrogens (tertiary/aromatic N) is 1. The molecule has 12 nitrogen and oxygen atoms in total. The van der Waals surface area contributed by atoms with Crippen LogP contribution in [-0.2, 0) is 14.3 Å². The Morgan fingerprint density at radius 3 is 2.27 bits per heavy atom. The second kappa shape index (κ2) is 13.9. The van der Waals surface area contributed by atoms with E-state index >= 15 is 0 Å². The van der Waals surface area contributed by atoms with Gasteiger partial charge >= 0.3 is 11.7 Å². The van der Waals surface area contributed by atoms with Crippen molar-refractivity contribution in [2.75, 3.05) is 45.3 Å². The second-order valence-electron chi connectivity index (χ2n) is 7.30. The fourth-order valence-electron chi connectivity index (χ4n) is 3.10. The summed E-state index contributed by atoms with van der Waals surface area (Å²) in [6, 6.07) is 4.55. The molecule has 0 radical (unpaired) electrons. The molecule has 0 bridgehead atoms. The summed E-state index contributed by atoms with van der Waals surface area (Å²) in [7, 11) is 4.21. The largest absolute Gasteiger partial charge is 0.493 e.